The van der Waals surface area contributed by atoms with E-state index in [4.69, 9.17) is 5.11 Å². The number of carbonyl (C=O) groups is 2. The van der Waals surface area contributed by atoms with Crippen LogP contribution in [0.15, 0.2) is 12.2 Å². The maximum atomic E-state index is 11.3. The van der Waals surface area contributed by atoms with Gasteiger partial charge in [0.2, 0.25) is 0 Å². The smallest absolute Gasteiger partial charge is 0.253 e. The zero-order valence-electron chi connectivity index (χ0n) is 8.43. The van der Waals surface area contributed by atoms with Crippen molar-refractivity contribution in [1.82, 2.24) is 4.90 Å². The molecule has 1 N–H and O–H groups in total. The SMILES string of the molecule is CC(CO)CC(C)N1C(=O)C=CC1=O. The maximum absolute atomic E-state index is 11.3. The Morgan fingerprint density at radius 1 is 1.29 bits per heavy atom. The largest absolute Gasteiger partial charge is 0.396 e. The third kappa shape index (κ3) is 2.20. The molecule has 0 bridgehead atoms. The molecule has 0 aliphatic carbocycles. The van der Waals surface area contributed by atoms with E-state index < -0.39 is 0 Å². The minimum absolute atomic E-state index is 0.0774. The molecule has 2 atom stereocenters. The molecule has 14 heavy (non-hydrogen) atoms. The van der Waals surface area contributed by atoms with Gasteiger partial charge in [-0.25, -0.2) is 0 Å². The second kappa shape index (κ2) is 4.37. The predicted octanol–water partition coefficient (Wildman–Crippen LogP) is 0.318. The van der Waals surface area contributed by atoms with Crippen molar-refractivity contribution in [2.75, 3.05) is 6.61 Å². The van der Waals surface area contributed by atoms with Gasteiger partial charge in [0.15, 0.2) is 0 Å². The summed E-state index contributed by atoms with van der Waals surface area (Å²) in [6, 6.07) is -0.146. The zero-order chi connectivity index (χ0) is 10.7. The van der Waals surface area contributed by atoms with Crippen molar-refractivity contribution in [3.63, 3.8) is 0 Å². The normalized spacial score (nSPS) is 20.4. The summed E-state index contributed by atoms with van der Waals surface area (Å²) in [4.78, 5) is 23.7. The van der Waals surface area contributed by atoms with E-state index in [2.05, 4.69) is 0 Å². The highest BCUT2D eigenvalue weighted by Gasteiger charge is 2.28. The molecule has 1 rings (SSSR count). The number of nitrogens with zero attached hydrogens (tertiary/aromatic N) is 1. The van der Waals surface area contributed by atoms with Gasteiger partial charge in [-0.3, -0.25) is 14.5 Å². The molecule has 0 saturated heterocycles. The molecule has 2 unspecified atom stereocenters. The van der Waals surface area contributed by atoms with Gasteiger partial charge in [0.25, 0.3) is 11.8 Å². The second-order valence-electron chi connectivity index (χ2n) is 3.75. The van der Waals surface area contributed by atoms with Crippen molar-refractivity contribution in [3.8, 4) is 0 Å². The molecule has 1 aliphatic rings. The summed E-state index contributed by atoms with van der Waals surface area (Å²) in [5.74, 6) is -0.411. The topological polar surface area (TPSA) is 57.6 Å². The molecule has 78 valence electrons. The fourth-order valence-electron chi connectivity index (χ4n) is 1.61. The first kappa shape index (κ1) is 10.9. The monoisotopic (exact) mass is 197 g/mol. The van der Waals surface area contributed by atoms with Crippen LogP contribution < -0.4 is 0 Å². The van der Waals surface area contributed by atoms with Crippen LogP contribution in [0.4, 0.5) is 0 Å². The highest BCUT2D eigenvalue weighted by molar-refractivity contribution is 6.13. The lowest BCUT2D eigenvalue weighted by atomic mass is 10.0. The third-order valence-electron chi connectivity index (χ3n) is 2.34. The van der Waals surface area contributed by atoms with Crippen LogP contribution in [0.3, 0.4) is 0 Å². The van der Waals surface area contributed by atoms with Gasteiger partial charge < -0.3 is 5.11 Å². The van der Waals surface area contributed by atoms with Crippen molar-refractivity contribution in [2.24, 2.45) is 5.92 Å². The molecule has 0 spiro atoms. The van der Waals surface area contributed by atoms with E-state index in [-0.39, 0.29) is 30.4 Å². The Kier molecular flexibility index (Phi) is 3.41. The molecule has 0 saturated carbocycles. The number of hydrogen-bond donors (Lipinski definition) is 1. The van der Waals surface area contributed by atoms with Crippen molar-refractivity contribution >= 4 is 11.8 Å². The third-order valence-corrected chi connectivity index (χ3v) is 2.34. The molecule has 4 nitrogen and oxygen atoms in total. The van der Waals surface area contributed by atoms with Gasteiger partial charge in [0.05, 0.1) is 0 Å². The predicted molar refractivity (Wildman–Crippen MR) is 51.3 cm³/mol. The summed E-state index contributed by atoms with van der Waals surface area (Å²) < 4.78 is 0. The van der Waals surface area contributed by atoms with Crippen molar-refractivity contribution in [1.29, 1.82) is 0 Å². The number of aliphatic hydroxyl groups excluding tert-OH is 1. The zero-order valence-corrected chi connectivity index (χ0v) is 8.43. The average molecular weight is 197 g/mol. The number of hydrogen-bond acceptors (Lipinski definition) is 3. The molecule has 2 amide bonds. The lowest BCUT2D eigenvalue weighted by molar-refractivity contribution is -0.139. The lowest BCUT2D eigenvalue weighted by Crippen LogP contribution is -2.39. The van der Waals surface area contributed by atoms with Crippen LogP contribution in [0.25, 0.3) is 0 Å². The van der Waals surface area contributed by atoms with Crippen LogP contribution in [0.5, 0.6) is 0 Å². The Balaban J connectivity index is 2.57. The van der Waals surface area contributed by atoms with Crippen LogP contribution in [0.2, 0.25) is 0 Å². The quantitative estimate of drug-likeness (QED) is 0.660. The van der Waals surface area contributed by atoms with E-state index in [0.29, 0.717) is 6.42 Å². The Hall–Kier alpha value is -1.16. The minimum Gasteiger partial charge on any atom is -0.396 e. The number of carbonyl (C=O) groups excluding carboxylic acids is 2. The molecule has 0 aromatic heterocycles. The van der Waals surface area contributed by atoms with E-state index in [9.17, 15) is 9.59 Å². The summed E-state index contributed by atoms with van der Waals surface area (Å²) in [6.07, 6.45) is 3.19. The average Bonchev–Trinajstić information content (AvgIpc) is 2.46. The highest BCUT2D eigenvalue weighted by atomic mass is 16.3. The van der Waals surface area contributed by atoms with E-state index in [1.54, 1.807) is 0 Å². The number of imide groups is 1. The van der Waals surface area contributed by atoms with Crippen molar-refractivity contribution in [2.45, 2.75) is 26.3 Å². The summed E-state index contributed by atoms with van der Waals surface area (Å²) in [5.41, 5.74) is 0. The lowest BCUT2D eigenvalue weighted by Gasteiger charge is -2.24. The van der Waals surface area contributed by atoms with Gasteiger partial charge in [-0.05, 0) is 19.3 Å². The van der Waals surface area contributed by atoms with Gasteiger partial charge in [-0.1, -0.05) is 6.92 Å². The van der Waals surface area contributed by atoms with E-state index >= 15 is 0 Å². The molecule has 0 aromatic rings. The molecule has 1 aliphatic heterocycles. The van der Waals surface area contributed by atoms with Crippen LogP contribution >= 0.6 is 0 Å². The number of rotatable bonds is 4. The van der Waals surface area contributed by atoms with Crippen molar-refractivity contribution < 1.29 is 14.7 Å². The fourth-order valence-corrected chi connectivity index (χ4v) is 1.61. The van der Waals surface area contributed by atoms with Crippen LogP contribution in [-0.2, 0) is 9.59 Å². The van der Waals surface area contributed by atoms with Gasteiger partial charge in [0.1, 0.15) is 0 Å². The van der Waals surface area contributed by atoms with Gasteiger partial charge in [-0.15, -0.1) is 0 Å². The van der Waals surface area contributed by atoms with Gasteiger partial charge >= 0.3 is 0 Å². The van der Waals surface area contributed by atoms with E-state index in [1.807, 2.05) is 13.8 Å². The summed E-state index contributed by atoms with van der Waals surface area (Å²) >= 11 is 0. The van der Waals surface area contributed by atoms with E-state index in [0.717, 1.165) is 0 Å². The Labute approximate surface area is 83.2 Å². The van der Waals surface area contributed by atoms with Crippen LogP contribution in [0.1, 0.15) is 20.3 Å². The number of aliphatic hydroxyl groups is 1. The number of amides is 2. The van der Waals surface area contributed by atoms with Crippen LogP contribution in [0, 0.1) is 5.92 Å². The summed E-state index contributed by atoms with van der Waals surface area (Å²) in [7, 11) is 0. The fraction of sp³-hybridized carbons (Fsp3) is 0.600. The Morgan fingerprint density at radius 2 is 1.79 bits per heavy atom. The molecule has 0 radical (unpaired) electrons. The first-order chi connectivity index (χ1) is 6.56. The summed E-state index contributed by atoms with van der Waals surface area (Å²) in [5, 5.41) is 8.85. The first-order valence-electron chi connectivity index (χ1n) is 4.72. The minimum atomic E-state index is -0.257. The maximum Gasteiger partial charge on any atom is 0.253 e. The second-order valence-corrected chi connectivity index (χ2v) is 3.75. The van der Waals surface area contributed by atoms with Crippen molar-refractivity contribution in [3.05, 3.63) is 12.2 Å². The summed E-state index contributed by atoms with van der Waals surface area (Å²) in [6.45, 7) is 3.78. The molecular formula is C10H15NO3. The molecule has 0 fully saturated rings. The molecule has 0 aromatic carbocycles. The molecule has 4 heteroatoms. The standard InChI is InChI=1S/C10H15NO3/c1-7(6-12)5-8(2)11-9(13)3-4-10(11)14/h3-4,7-8,12H,5-6H2,1-2H3. The first-order valence-corrected chi connectivity index (χ1v) is 4.72. The Bertz CT molecular complexity index is 255. The van der Waals surface area contributed by atoms with Gasteiger partial charge in [0, 0.05) is 24.8 Å². The van der Waals surface area contributed by atoms with Crippen LogP contribution in [-0.4, -0.2) is 34.5 Å². The van der Waals surface area contributed by atoms with E-state index in [1.165, 1.54) is 17.1 Å². The highest BCUT2D eigenvalue weighted by Crippen LogP contribution is 2.15. The Morgan fingerprint density at radius 3 is 2.21 bits per heavy atom. The molecular weight excluding hydrogens is 182 g/mol. The molecule has 1 heterocycles. The van der Waals surface area contributed by atoms with Gasteiger partial charge in [-0.2, -0.15) is 0 Å².